The monoisotopic (exact) mass is 639 g/mol. The summed E-state index contributed by atoms with van der Waals surface area (Å²) in [7, 11) is -2.81. The lowest BCUT2D eigenvalue weighted by molar-refractivity contribution is -0.139. The number of methoxy groups -OCH3 is 1. The second-order valence-electron chi connectivity index (χ2n) is 9.36. The molecule has 0 radical (unpaired) electrons. The molecule has 0 saturated heterocycles. The predicted molar refractivity (Wildman–Crippen MR) is 163 cm³/mol. The van der Waals surface area contributed by atoms with Crippen molar-refractivity contribution in [2.24, 2.45) is 0 Å². The van der Waals surface area contributed by atoms with Gasteiger partial charge in [0.25, 0.3) is 10.0 Å². The van der Waals surface area contributed by atoms with E-state index in [0.29, 0.717) is 27.8 Å². The first-order valence-corrected chi connectivity index (χ1v) is 15.4. The van der Waals surface area contributed by atoms with Gasteiger partial charge in [0.05, 0.1) is 22.7 Å². The van der Waals surface area contributed by atoms with Gasteiger partial charge in [-0.25, -0.2) is 8.42 Å². The number of ether oxygens (including phenoxy) is 1. The van der Waals surface area contributed by atoms with Crippen molar-refractivity contribution in [1.82, 2.24) is 10.2 Å². The average Bonchev–Trinajstić information content (AvgIpc) is 2.95. The zero-order chi connectivity index (χ0) is 30.3. The molecule has 41 heavy (non-hydrogen) atoms. The van der Waals surface area contributed by atoms with Crippen LogP contribution in [-0.2, 0) is 26.2 Å². The number of nitrogens with zero attached hydrogens (tertiary/aromatic N) is 2. The van der Waals surface area contributed by atoms with Crippen molar-refractivity contribution in [3.05, 3.63) is 87.4 Å². The zero-order valence-corrected chi connectivity index (χ0v) is 26.2. The topological polar surface area (TPSA) is 96.0 Å². The molecule has 2 amide bonds. The Labute approximate surface area is 256 Å². The van der Waals surface area contributed by atoms with Crippen molar-refractivity contribution in [2.75, 3.05) is 18.0 Å². The Kier molecular flexibility index (Phi) is 11.3. The van der Waals surface area contributed by atoms with Crippen LogP contribution in [0.1, 0.15) is 32.8 Å². The molecule has 0 aliphatic heterocycles. The van der Waals surface area contributed by atoms with Gasteiger partial charge < -0.3 is 15.0 Å². The molecule has 0 aromatic heterocycles. The van der Waals surface area contributed by atoms with Gasteiger partial charge in [0.1, 0.15) is 18.3 Å². The van der Waals surface area contributed by atoms with Crippen LogP contribution in [0.4, 0.5) is 5.69 Å². The van der Waals surface area contributed by atoms with E-state index >= 15 is 0 Å². The largest absolute Gasteiger partial charge is 0.495 e. The van der Waals surface area contributed by atoms with Crippen molar-refractivity contribution < 1.29 is 22.7 Å². The summed E-state index contributed by atoms with van der Waals surface area (Å²) in [6.45, 7) is 4.58. The van der Waals surface area contributed by atoms with Crippen molar-refractivity contribution in [1.29, 1.82) is 0 Å². The van der Waals surface area contributed by atoms with Gasteiger partial charge in [-0.05, 0) is 62.7 Å². The van der Waals surface area contributed by atoms with Crippen LogP contribution in [0.3, 0.4) is 0 Å². The molecule has 1 N–H and O–H groups in total. The standard InChI is InChI=1S/C29H32Cl3N3O5S/c1-5-19(2)33-29(37)20(3)34(17-23-24(30)12-9-13-25(23)31)28(36)18-35(21-14-15-27(40-4)26(32)16-21)41(38,39)22-10-7-6-8-11-22/h6-16,19-20H,5,17-18H2,1-4H3,(H,33,37)/t19-,20+/m1/s1. The maximum atomic E-state index is 14.0. The molecule has 2 atom stereocenters. The molecule has 220 valence electrons. The second-order valence-corrected chi connectivity index (χ2v) is 12.4. The second kappa shape index (κ2) is 14.3. The number of sulfonamides is 1. The van der Waals surface area contributed by atoms with Crippen molar-refractivity contribution in [3.8, 4) is 5.75 Å². The Balaban J connectivity index is 2.09. The lowest BCUT2D eigenvalue weighted by atomic mass is 10.1. The van der Waals surface area contributed by atoms with Crippen LogP contribution in [0.2, 0.25) is 15.1 Å². The van der Waals surface area contributed by atoms with Crippen LogP contribution in [0.15, 0.2) is 71.6 Å². The van der Waals surface area contributed by atoms with Crippen LogP contribution in [0, 0.1) is 0 Å². The molecule has 3 aromatic rings. The Bertz CT molecular complexity index is 1470. The minimum absolute atomic E-state index is 0.0250. The maximum Gasteiger partial charge on any atom is 0.264 e. The summed E-state index contributed by atoms with van der Waals surface area (Å²) in [6.07, 6.45) is 0.685. The van der Waals surface area contributed by atoms with Crippen molar-refractivity contribution in [3.63, 3.8) is 0 Å². The first-order chi connectivity index (χ1) is 19.4. The van der Waals surface area contributed by atoms with E-state index in [1.807, 2.05) is 13.8 Å². The predicted octanol–water partition coefficient (Wildman–Crippen LogP) is 6.18. The third-order valence-corrected chi connectivity index (χ3v) is 9.38. The summed E-state index contributed by atoms with van der Waals surface area (Å²) < 4.78 is 33.9. The van der Waals surface area contributed by atoms with E-state index in [0.717, 1.165) is 4.31 Å². The van der Waals surface area contributed by atoms with Crippen molar-refractivity contribution >= 4 is 62.3 Å². The maximum absolute atomic E-state index is 14.0. The van der Waals surface area contributed by atoms with E-state index in [4.69, 9.17) is 39.5 Å². The number of carbonyl (C=O) groups is 2. The number of hydrogen-bond acceptors (Lipinski definition) is 5. The first-order valence-electron chi connectivity index (χ1n) is 12.8. The smallest absolute Gasteiger partial charge is 0.264 e. The van der Waals surface area contributed by atoms with Gasteiger partial charge in [-0.3, -0.25) is 13.9 Å². The number of benzene rings is 3. The molecule has 0 fully saturated rings. The molecule has 0 bridgehead atoms. The number of anilines is 1. The molecule has 0 saturated carbocycles. The Hall–Kier alpha value is -2.98. The van der Waals surface area contributed by atoms with Gasteiger partial charge in [-0.15, -0.1) is 0 Å². The fourth-order valence-electron chi connectivity index (χ4n) is 3.96. The lowest BCUT2D eigenvalue weighted by Crippen LogP contribution is -2.52. The molecule has 12 heteroatoms. The van der Waals surface area contributed by atoms with Crippen molar-refractivity contribution in [2.45, 2.75) is 50.7 Å². The molecular formula is C29H32Cl3N3O5S. The van der Waals surface area contributed by atoms with E-state index < -0.39 is 34.4 Å². The highest BCUT2D eigenvalue weighted by atomic mass is 35.5. The van der Waals surface area contributed by atoms with Gasteiger partial charge in [0.2, 0.25) is 11.8 Å². The third kappa shape index (κ3) is 7.86. The Morgan fingerprint density at radius 3 is 2.12 bits per heavy atom. The van der Waals surface area contributed by atoms with Crippen LogP contribution >= 0.6 is 34.8 Å². The van der Waals surface area contributed by atoms with E-state index in [9.17, 15) is 18.0 Å². The number of halogens is 3. The van der Waals surface area contributed by atoms with Crippen LogP contribution in [0.25, 0.3) is 0 Å². The molecule has 3 aromatic carbocycles. The average molecular weight is 641 g/mol. The van der Waals surface area contributed by atoms with Crippen LogP contribution in [-0.4, -0.2) is 50.9 Å². The number of hydrogen-bond donors (Lipinski definition) is 1. The molecule has 3 rings (SSSR count). The fourth-order valence-corrected chi connectivity index (χ4v) is 6.16. The Morgan fingerprint density at radius 1 is 0.927 bits per heavy atom. The molecule has 0 aliphatic carbocycles. The number of amides is 2. The summed E-state index contributed by atoms with van der Waals surface area (Å²) in [5.74, 6) is -0.718. The van der Waals surface area contributed by atoms with Crippen LogP contribution < -0.4 is 14.4 Å². The third-order valence-electron chi connectivity index (χ3n) is 6.59. The lowest BCUT2D eigenvalue weighted by Gasteiger charge is -2.33. The number of rotatable bonds is 12. The normalized spacial score (nSPS) is 12.8. The number of carbonyl (C=O) groups excluding carboxylic acids is 2. The van der Waals surface area contributed by atoms with Gasteiger partial charge in [0, 0.05) is 28.2 Å². The van der Waals surface area contributed by atoms with E-state index in [1.54, 1.807) is 43.3 Å². The van der Waals surface area contributed by atoms with Gasteiger partial charge in [-0.2, -0.15) is 0 Å². The van der Waals surface area contributed by atoms with Gasteiger partial charge in [-0.1, -0.05) is 66.0 Å². The summed E-state index contributed by atoms with van der Waals surface area (Å²) in [4.78, 5) is 28.5. The minimum Gasteiger partial charge on any atom is -0.495 e. The van der Waals surface area contributed by atoms with Crippen LogP contribution in [0.5, 0.6) is 5.75 Å². The molecular weight excluding hydrogens is 609 g/mol. The quantitative estimate of drug-likeness (QED) is 0.255. The molecule has 0 spiro atoms. The number of nitrogens with one attached hydrogen (secondary N) is 1. The van der Waals surface area contributed by atoms with E-state index in [2.05, 4.69) is 5.32 Å². The molecule has 0 unspecified atom stereocenters. The molecule has 0 heterocycles. The first kappa shape index (κ1) is 32.5. The summed E-state index contributed by atoms with van der Waals surface area (Å²) in [5.41, 5.74) is 0.567. The Morgan fingerprint density at radius 2 is 1.56 bits per heavy atom. The summed E-state index contributed by atoms with van der Waals surface area (Å²) in [5, 5.41) is 3.65. The SMILES string of the molecule is CC[C@@H](C)NC(=O)[C@H](C)N(Cc1c(Cl)cccc1Cl)C(=O)CN(c1ccc(OC)c(Cl)c1)S(=O)(=O)c1ccccc1. The minimum atomic E-state index is -4.24. The summed E-state index contributed by atoms with van der Waals surface area (Å²) in [6, 6.07) is 15.9. The molecule has 8 nitrogen and oxygen atoms in total. The van der Waals surface area contributed by atoms with E-state index in [1.165, 1.54) is 42.3 Å². The zero-order valence-electron chi connectivity index (χ0n) is 23.1. The highest BCUT2D eigenvalue weighted by Gasteiger charge is 2.33. The molecule has 0 aliphatic rings. The van der Waals surface area contributed by atoms with E-state index in [-0.39, 0.29) is 28.2 Å². The highest BCUT2D eigenvalue weighted by Crippen LogP contribution is 2.33. The van der Waals surface area contributed by atoms with Gasteiger partial charge in [0.15, 0.2) is 0 Å². The fraction of sp³-hybridized carbons (Fsp3) is 0.310. The summed E-state index contributed by atoms with van der Waals surface area (Å²) >= 11 is 19.2. The highest BCUT2D eigenvalue weighted by molar-refractivity contribution is 7.92. The van der Waals surface area contributed by atoms with Gasteiger partial charge >= 0.3 is 0 Å².